The Morgan fingerprint density at radius 2 is 1.72 bits per heavy atom. The molecule has 2 aromatic rings. The lowest BCUT2D eigenvalue weighted by molar-refractivity contribution is -0.385. The highest BCUT2D eigenvalue weighted by atomic mass is 32.2. The number of nitriles is 1. The summed E-state index contributed by atoms with van der Waals surface area (Å²) in [4.78, 5) is 25.1. The van der Waals surface area contributed by atoms with Crippen molar-refractivity contribution in [3.8, 4) is 6.07 Å². The molecule has 10 heteroatoms. The largest absolute Gasteiger partial charge is 0.336 e. The molecule has 0 saturated carbocycles. The van der Waals surface area contributed by atoms with Crippen LogP contribution in [0.3, 0.4) is 0 Å². The van der Waals surface area contributed by atoms with Crippen molar-refractivity contribution in [3.63, 3.8) is 0 Å². The number of piperazine rings is 1. The Hall–Kier alpha value is -3.29. The van der Waals surface area contributed by atoms with Gasteiger partial charge in [0.2, 0.25) is 10.0 Å². The highest BCUT2D eigenvalue weighted by Crippen LogP contribution is 2.25. The minimum atomic E-state index is -3.75. The van der Waals surface area contributed by atoms with Gasteiger partial charge in [-0.1, -0.05) is 12.1 Å². The van der Waals surface area contributed by atoms with Crippen LogP contribution in [0, 0.1) is 28.4 Å². The third-order valence-electron chi connectivity index (χ3n) is 4.80. The van der Waals surface area contributed by atoms with Gasteiger partial charge in [-0.2, -0.15) is 9.57 Å². The predicted molar refractivity (Wildman–Crippen MR) is 104 cm³/mol. The number of para-hydroxylation sites is 1. The van der Waals surface area contributed by atoms with Crippen molar-refractivity contribution in [1.82, 2.24) is 9.21 Å². The standard InChI is InChI=1S/C19H18N4O5S/c1-14-3-2-4-17(18(14)23(25)26)19(24)21-9-11-22(12-10-21)29(27,28)16-7-5-15(13-20)6-8-16/h2-8H,9-12H2,1H3. The Morgan fingerprint density at radius 1 is 1.10 bits per heavy atom. The van der Waals surface area contributed by atoms with E-state index in [0.29, 0.717) is 11.1 Å². The number of amides is 1. The number of carbonyl (C=O) groups excluding carboxylic acids is 1. The molecule has 9 nitrogen and oxygen atoms in total. The fourth-order valence-corrected chi connectivity index (χ4v) is 4.65. The molecule has 150 valence electrons. The van der Waals surface area contributed by atoms with Crippen LogP contribution in [0.5, 0.6) is 0 Å². The average Bonchev–Trinajstić information content (AvgIpc) is 2.73. The fraction of sp³-hybridized carbons (Fsp3) is 0.263. The topological polar surface area (TPSA) is 125 Å². The maximum Gasteiger partial charge on any atom is 0.285 e. The molecule has 1 aliphatic rings. The molecule has 0 radical (unpaired) electrons. The van der Waals surface area contributed by atoms with Gasteiger partial charge in [0.1, 0.15) is 5.56 Å². The molecule has 1 fully saturated rings. The lowest BCUT2D eigenvalue weighted by Gasteiger charge is -2.34. The van der Waals surface area contributed by atoms with E-state index in [1.807, 2.05) is 6.07 Å². The van der Waals surface area contributed by atoms with E-state index < -0.39 is 20.9 Å². The van der Waals surface area contributed by atoms with Crippen LogP contribution in [0.25, 0.3) is 0 Å². The zero-order chi connectivity index (χ0) is 21.2. The summed E-state index contributed by atoms with van der Waals surface area (Å²) < 4.78 is 26.8. The molecule has 1 aliphatic heterocycles. The maximum absolute atomic E-state index is 12.8. The molecule has 0 unspecified atom stereocenters. The second kappa shape index (κ2) is 7.98. The first-order chi connectivity index (χ1) is 13.8. The molecule has 2 aromatic carbocycles. The summed E-state index contributed by atoms with van der Waals surface area (Å²) in [5, 5.41) is 20.2. The molecule has 3 rings (SSSR count). The summed E-state index contributed by atoms with van der Waals surface area (Å²) >= 11 is 0. The van der Waals surface area contributed by atoms with Gasteiger partial charge in [0.05, 0.1) is 21.5 Å². The molecule has 1 saturated heterocycles. The summed E-state index contributed by atoms with van der Waals surface area (Å²) in [6.45, 7) is 1.97. The van der Waals surface area contributed by atoms with E-state index in [1.165, 1.54) is 39.5 Å². The predicted octanol–water partition coefficient (Wildman–Crippen LogP) is 1.92. The fourth-order valence-electron chi connectivity index (χ4n) is 3.23. The number of rotatable bonds is 4. The summed E-state index contributed by atoms with van der Waals surface area (Å²) in [5.41, 5.74) is 0.519. The number of benzene rings is 2. The summed E-state index contributed by atoms with van der Waals surface area (Å²) in [5.74, 6) is -0.490. The first kappa shape index (κ1) is 20.4. The second-order valence-corrected chi connectivity index (χ2v) is 8.50. The molecule has 29 heavy (non-hydrogen) atoms. The van der Waals surface area contributed by atoms with Crippen LogP contribution in [0.4, 0.5) is 5.69 Å². The van der Waals surface area contributed by atoms with Gasteiger partial charge in [0, 0.05) is 31.7 Å². The Labute approximate surface area is 168 Å². The van der Waals surface area contributed by atoms with Crippen molar-refractivity contribution >= 4 is 21.6 Å². The molecule has 0 atom stereocenters. The smallest absolute Gasteiger partial charge is 0.285 e. The lowest BCUT2D eigenvalue weighted by atomic mass is 10.1. The monoisotopic (exact) mass is 414 g/mol. The minimum absolute atomic E-state index is 0.00148. The average molecular weight is 414 g/mol. The lowest BCUT2D eigenvalue weighted by Crippen LogP contribution is -2.50. The van der Waals surface area contributed by atoms with Gasteiger partial charge in [-0.25, -0.2) is 8.42 Å². The Bertz CT molecular complexity index is 1100. The summed E-state index contributed by atoms with van der Waals surface area (Å²) in [6.07, 6.45) is 0. The number of nitrogens with zero attached hydrogens (tertiary/aromatic N) is 4. The van der Waals surface area contributed by atoms with Crippen LogP contribution in [-0.4, -0.2) is 54.6 Å². The molecular weight excluding hydrogens is 396 g/mol. The number of hydrogen-bond acceptors (Lipinski definition) is 6. The van der Waals surface area contributed by atoms with Crippen molar-refractivity contribution in [2.45, 2.75) is 11.8 Å². The molecule has 0 N–H and O–H groups in total. The van der Waals surface area contributed by atoms with Crippen molar-refractivity contribution in [2.24, 2.45) is 0 Å². The van der Waals surface area contributed by atoms with Gasteiger partial charge < -0.3 is 4.90 Å². The highest BCUT2D eigenvalue weighted by molar-refractivity contribution is 7.89. The van der Waals surface area contributed by atoms with Gasteiger partial charge in [-0.05, 0) is 37.3 Å². The van der Waals surface area contributed by atoms with Crippen molar-refractivity contribution in [3.05, 3.63) is 69.3 Å². The maximum atomic E-state index is 12.8. The number of nitro benzene ring substituents is 1. The van der Waals surface area contributed by atoms with Crippen LogP contribution >= 0.6 is 0 Å². The normalized spacial score (nSPS) is 15.0. The van der Waals surface area contributed by atoms with Crippen LogP contribution < -0.4 is 0 Å². The third kappa shape index (κ3) is 3.96. The van der Waals surface area contributed by atoms with Crippen molar-refractivity contribution in [2.75, 3.05) is 26.2 Å². The minimum Gasteiger partial charge on any atom is -0.336 e. The molecule has 1 amide bonds. The summed E-state index contributed by atoms with van der Waals surface area (Å²) in [6, 6.07) is 12.1. The van der Waals surface area contributed by atoms with Gasteiger partial charge in [-0.3, -0.25) is 14.9 Å². The molecule has 0 bridgehead atoms. The SMILES string of the molecule is Cc1cccc(C(=O)N2CCN(S(=O)(=O)c3ccc(C#N)cc3)CC2)c1[N+](=O)[O-]. The van der Waals surface area contributed by atoms with Crippen LogP contribution in [0.2, 0.25) is 0 Å². The number of carbonyl (C=O) groups is 1. The van der Waals surface area contributed by atoms with Crippen molar-refractivity contribution in [1.29, 1.82) is 5.26 Å². The second-order valence-electron chi connectivity index (χ2n) is 6.56. The number of hydrogen-bond donors (Lipinski definition) is 0. The highest BCUT2D eigenvalue weighted by Gasteiger charge is 2.32. The van der Waals surface area contributed by atoms with E-state index in [-0.39, 0.29) is 42.3 Å². The third-order valence-corrected chi connectivity index (χ3v) is 6.71. The van der Waals surface area contributed by atoms with Crippen molar-refractivity contribution < 1.29 is 18.1 Å². The van der Waals surface area contributed by atoms with E-state index in [9.17, 15) is 23.3 Å². The van der Waals surface area contributed by atoms with E-state index >= 15 is 0 Å². The van der Waals surface area contributed by atoms with Gasteiger partial charge in [-0.15, -0.1) is 0 Å². The van der Waals surface area contributed by atoms with E-state index in [0.717, 1.165) is 0 Å². The number of nitro groups is 1. The summed E-state index contributed by atoms with van der Waals surface area (Å²) in [7, 11) is -3.75. The van der Waals surface area contributed by atoms with Gasteiger partial charge in [0.25, 0.3) is 11.6 Å². The van der Waals surface area contributed by atoms with Crippen LogP contribution in [0.15, 0.2) is 47.4 Å². The molecule has 0 aliphatic carbocycles. The zero-order valence-electron chi connectivity index (χ0n) is 15.6. The number of sulfonamides is 1. The first-order valence-corrected chi connectivity index (χ1v) is 10.2. The Balaban J connectivity index is 1.75. The van der Waals surface area contributed by atoms with E-state index in [1.54, 1.807) is 19.1 Å². The zero-order valence-corrected chi connectivity index (χ0v) is 16.4. The Kier molecular flexibility index (Phi) is 5.63. The molecule has 1 heterocycles. The van der Waals surface area contributed by atoms with Crippen LogP contribution in [-0.2, 0) is 10.0 Å². The van der Waals surface area contributed by atoms with Gasteiger partial charge >= 0.3 is 0 Å². The molecular formula is C19H18N4O5S. The number of aryl methyl sites for hydroxylation is 1. The quantitative estimate of drug-likeness (QED) is 0.556. The Morgan fingerprint density at radius 3 is 2.28 bits per heavy atom. The van der Waals surface area contributed by atoms with E-state index in [4.69, 9.17) is 5.26 Å². The van der Waals surface area contributed by atoms with E-state index in [2.05, 4.69) is 0 Å². The van der Waals surface area contributed by atoms with Gasteiger partial charge in [0.15, 0.2) is 0 Å². The van der Waals surface area contributed by atoms with Crippen LogP contribution in [0.1, 0.15) is 21.5 Å². The first-order valence-electron chi connectivity index (χ1n) is 8.79. The molecule has 0 spiro atoms. The molecule has 0 aromatic heterocycles.